The van der Waals surface area contributed by atoms with Crippen LogP contribution in [0.3, 0.4) is 0 Å². The van der Waals surface area contributed by atoms with Crippen molar-refractivity contribution in [3.05, 3.63) is 64.3 Å². The summed E-state index contributed by atoms with van der Waals surface area (Å²) in [5, 5.41) is 13.0. The van der Waals surface area contributed by atoms with Crippen LogP contribution in [0.4, 0.5) is 0 Å². The number of furan rings is 1. The summed E-state index contributed by atoms with van der Waals surface area (Å²) in [6, 6.07) is 14.5. The van der Waals surface area contributed by atoms with Crippen molar-refractivity contribution in [3.63, 3.8) is 0 Å². The van der Waals surface area contributed by atoms with Crippen LogP contribution in [-0.4, -0.2) is 17.6 Å². The smallest absolute Gasteiger partial charge is 0.287 e. The second-order valence-corrected chi connectivity index (χ2v) is 6.15. The maximum atomic E-state index is 12.1. The molecule has 1 amide bonds. The Morgan fingerprint density at radius 3 is 2.70 bits per heavy atom. The number of phenolic OH excluding ortho intramolecular Hbond substituents is 1. The Bertz CT molecular complexity index is 824. The van der Waals surface area contributed by atoms with Crippen LogP contribution in [-0.2, 0) is 6.42 Å². The molecule has 0 bridgehead atoms. The number of carbonyl (C=O) groups excluding carboxylic acids is 1. The quantitative estimate of drug-likeness (QED) is 0.656. The highest BCUT2D eigenvalue weighted by atomic mass is 79.9. The lowest BCUT2D eigenvalue weighted by Gasteiger charge is -2.04. The first-order chi connectivity index (χ1) is 11.1. The summed E-state index contributed by atoms with van der Waals surface area (Å²) < 4.78 is 6.44. The molecule has 1 heterocycles. The van der Waals surface area contributed by atoms with E-state index in [0.29, 0.717) is 17.9 Å². The molecule has 3 aromatic rings. The van der Waals surface area contributed by atoms with E-state index in [0.717, 1.165) is 28.3 Å². The molecule has 23 heavy (non-hydrogen) atoms. The van der Waals surface area contributed by atoms with E-state index in [1.54, 1.807) is 18.2 Å². The number of aromatic hydroxyl groups is 1. The summed E-state index contributed by atoms with van der Waals surface area (Å²) in [5.41, 5.74) is 1.81. The van der Waals surface area contributed by atoms with Crippen molar-refractivity contribution in [1.82, 2.24) is 5.32 Å². The Labute approximate surface area is 142 Å². The lowest BCUT2D eigenvalue weighted by molar-refractivity contribution is 0.0927. The first kappa shape index (κ1) is 15.6. The molecule has 0 unspecified atom stereocenters. The van der Waals surface area contributed by atoms with Crippen molar-refractivity contribution in [1.29, 1.82) is 0 Å². The number of hydrogen-bond acceptors (Lipinski definition) is 3. The van der Waals surface area contributed by atoms with Crippen LogP contribution in [0.5, 0.6) is 5.75 Å². The highest BCUT2D eigenvalue weighted by molar-refractivity contribution is 9.10. The third-order valence-corrected chi connectivity index (χ3v) is 4.21. The van der Waals surface area contributed by atoms with Gasteiger partial charge in [-0.2, -0.15) is 0 Å². The van der Waals surface area contributed by atoms with Gasteiger partial charge < -0.3 is 14.8 Å². The van der Waals surface area contributed by atoms with Gasteiger partial charge in [0.15, 0.2) is 5.76 Å². The number of carbonyl (C=O) groups is 1. The van der Waals surface area contributed by atoms with E-state index in [-0.39, 0.29) is 11.7 Å². The van der Waals surface area contributed by atoms with Crippen molar-refractivity contribution in [2.75, 3.05) is 6.54 Å². The number of fused-ring (bicyclic) bond motifs is 1. The fraction of sp³-hybridized carbons (Fsp3) is 0.167. The molecule has 0 radical (unpaired) electrons. The zero-order valence-electron chi connectivity index (χ0n) is 12.4. The maximum Gasteiger partial charge on any atom is 0.287 e. The number of hydrogen-bond donors (Lipinski definition) is 2. The number of phenols is 1. The van der Waals surface area contributed by atoms with Gasteiger partial charge in [0.25, 0.3) is 5.91 Å². The molecule has 0 atom stereocenters. The van der Waals surface area contributed by atoms with Crippen molar-refractivity contribution in [2.45, 2.75) is 12.8 Å². The van der Waals surface area contributed by atoms with Gasteiger partial charge >= 0.3 is 0 Å². The molecule has 0 spiro atoms. The van der Waals surface area contributed by atoms with Crippen LogP contribution in [0.25, 0.3) is 11.0 Å². The van der Waals surface area contributed by atoms with Gasteiger partial charge in [0.1, 0.15) is 11.3 Å². The van der Waals surface area contributed by atoms with E-state index < -0.39 is 0 Å². The minimum atomic E-state index is -0.209. The summed E-state index contributed by atoms with van der Waals surface area (Å²) in [7, 11) is 0. The summed E-state index contributed by atoms with van der Waals surface area (Å²) in [6.45, 7) is 0.567. The van der Waals surface area contributed by atoms with Crippen LogP contribution in [0, 0.1) is 0 Å². The van der Waals surface area contributed by atoms with Gasteiger partial charge in [-0.25, -0.2) is 0 Å². The monoisotopic (exact) mass is 373 g/mol. The fourth-order valence-electron chi connectivity index (χ4n) is 2.38. The number of aryl methyl sites for hydroxylation is 1. The Hall–Kier alpha value is -2.27. The molecule has 4 nitrogen and oxygen atoms in total. The highest BCUT2D eigenvalue weighted by Crippen LogP contribution is 2.26. The lowest BCUT2D eigenvalue weighted by Crippen LogP contribution is -2.24. The van der Waals surface area contributed by atoms with Gasteiger partial charge in [0.05, 0.1) is 4.47 Å². The zero-order chi connectivity index (χ0) is 16.2. The summed E-state index contributed by atoms with van der Waals surface area (Å²) >= 11 is 3.41. The maximum absolute atomic E-state index is 12.1. The molecular weight excluding hydrogens is 358 g/mol. The first-order valence-electron chi connectivity index (χ1n) is 7.37. The Morgan fingerprint density at radius 1 is 1.17 bits per heavy atom. The standard InChI is InChI=1S/C18H16BrNO3/c19-15-5-1-4-13-11-16(23-17(13)15)18(22)20-10-2-3-12-6-8-14(21)9-7-12/h1,4-9,11,21H,2-3,10H2,(H,20,22). The third kappa shape index (κ3) is 3.74. The summed E-state index contributed by atoms with van der Waals surface area (Å²) in [6.07, 6.45) is 1.66. The van der Waals surface area contributed by atoms with E-state index in [1.807, 2.05) is 30.3 Å². The topological polar surface area (TPSA) is 62.5 Å². The van der Waals surface area contributed by atoms with Gasteiger partial charge in [0.2, 0.25) is 0 Å². The average molecular weight is 374 g/mol. The van der Waals surface area contributed by atoms with E-state index in [4.69, 9.17) is 4.42 Å². The number of benzene rings is 2. The minimum Gasteiger partial charge on any atom is -0.508 e. The summed E-state index contributed by atoms with van der Waals surface area (Å²) in [5.74, 6) is 0.369. The molecule has 0 aliphatic rings. The van der Waals surface area contributed by atoms with Gasteiger partial charge in [-0.05, 0) is 58.6 Å². The molecule has 5 heteroatoms. The van der Waals surface area contributed by atoms with E-state index >= 15 is 0 Å². The molecule has 0 saturated heterocycles. The van der Waals surface area contributed by atoms with Crippen LogP contribution >= 0.6 is 15.9 Å². The molecule has 2 N–H and O–H groups in total. The first-order valence-corrected chi connectivity index (χ1v) is 8.17. The zero-order valence-corrected chi connectivity index (χ0v) is 14.0. The predicted molar refractivity (Wildman–Crippen MR) is 92.7 cm³/mol. The van der Waals surface area contributed by atoms with Crippen molar-refractivity contribution >= 4 is 32.8 Å². The van der Waals surface area contributed by atoms with Gasteiger partial charge in [-0.3, -0.25) is 4.79 Å². The summed E-state index contributed by atoms with van der Waals surface area (Å²) in [4.78, 5) is 12.1. The van der Waals surface area contributed by atoms with Gasteiger partial charge in [-0.1, -0.05) is 24.3 Å². The van der Waals surface area contributed by atoms with Crippen LogP contribution in [0.15, 0.2) is 57.4 Å². The second kappa shape index (κ2) is 6.87. The number of nitrogens with one attached hydrogen (secondary N) is 1. The van der Waals surface area contributed by atoms with Crippen LogP contribution in [0.2, 0.25) is 0 Å². The SMILES string of the molecule is O=C(NCCCc1ccc(O)cc1)c1cc2cccc(Br)c2o1. The molecule has 118 valence electrons. The third-order valence-electron chi connectivity index (χ3n) is 3.58. The molecule has 0 saturated carbocycles. The molecule has 0 aliphatic heterocycles. The Balaban J connectivity index is 1.54. The Kier molecular flexibility index (Phi) is 4.67. The second-order valence-electron chi connectivity index (χ2n) is 5.29. The van der Waals surface area contributed by atoms with Crippen LogP contribution in [0.1, 0.15) is 22.5 Å². The molecule has 3 rings (SSSR count). The highest BCUT2D eigenvalue weighted by Gasteiger charge is 2.13. The molecule has 2 aromatic carbocycles. The fourth-order valence-corrected chi connectivity index (χ4v) is 2.85. The van der Waals surface area contributed by atoms with E-state index in [9.17, 15) is 9.90 Å². The van der Waals surface area contributed by atoms with Crippen LogP contribution < -0.4 is 5.32 Å². The van der Waals surface area contributed by atoms with Gasteiger partial charge in [-0.15, -0.1) is 0 Å². The Morgan fingerprint density at radius 2 is 1.96 bits per heavy atom. The molecule has 0 fully saturated rings. The number of halogens is 1. The van der Waals surface area contributed by atoms with E-state index in [2.05, 4.69) is 21.2 Å². The largest absolute Gasteiger partial charge is 0.508 e. The van der Waals surface area contributed by atoms with E-state index in [1.165, 1.54) is 0 Å². The molecular formula is C18H16BrNO3. The molecule has 0 aliphatic carbocycles. The van der Waals surface area contributed by atoms with Crippen molar-refractivity contribution in [2.24, 2.45) is 0 Å². The average Bonchev–Trinajstić information content (AvgIpc) is 2.99. The molecule has 1 aromatic heterocycles. The van der Waals surface area contributed by atoms with Crippen molar-refractivity contribution in [3.8, 4) is 5.75 Å². The normalized spacial score (nSPS) is 10.8. The lowest BCUT2D eigenvalue weighted by atomic mass is 10.1. The number of rotatable bonds is 5. The number of amides is 1. The van der Waals surface area contributed by atoms with Crippen molar-refractivity contribution < 1.29 is 14.3 Å². The minimum absolute atomic E-state index is 0.209. The number of para-hydroxylation sites is 1. The van der Waals surface area contributed by atoms with Gasteiger partial charge in [0, 0.05) is 11.9 Å². The predicted octanol–water partition coefficient (Wildman–Crippen LogP) is 4.26.